The molecule has 0 bridgehead atoms. The van der Waals surface area contributed by atoms with Crippen molar-refractivity contribution in [3.05, 3.63) is 48.1 Å². The number of halogens is 2. The molecular formula is C13H18F2N2. The molecule has 1 rings (SSSR count). The molecule has 17 heavy (non-hydrogen) atoms. The summed E-state index contributed by atoms with van der Waals surface area (Å²) >= 11 is 0. The van der Waals surface area contributed by atoms with E-state index >= 15 is 0 Å². The molecule has 0 spiro atoms. The van der Waals surface area contributed by atoms with E-state index in [1.807, 2.05) is 6.08 Å². The smallest absolute Gasteiger partial charge is 0.159 e. The Morgan fingerprint density at radius 2 is 2.12 bits per heavy atom. The standard InChI is InChI=1S/C13H18F2N2/c1-2-3-4-5-11(17-16)8-10-6-7-12(14)13(15)9-10/h2,6-7,9,11,17H,1,3-5,8,16H2. The van der Waals surface area contributed by atoms with Gasteiger partial charge >= 0.3 is 0 Å². The lowest BCUT2D eigenvalue weighted by atomic mass is 10.0. The third-order valence-electron chi connectivity index (χ3n) is 2.66. The molecule has 2 nitrogen and oxygen atoms in total. The van der Waals surface area contributed by atoms with Gasteiger partial charge in [-0.3, -0.25) is 11.3 Å². The number of hydrogen-bond acceptors (Lipinski definition) is 2. The number of hydrazine groups is 1. The van der Waals surface area contributed by atoms with E-state index in [1.165, 1.54) is 6.07 Å². The first-order valence-corrected chi connectivity index (χ1v) is 5.68. The second-order valence-corrected chi connectivity index (χ2v) is 4.04. The van der Waals surface area contributed by atoms with Crippen LogP contribution in [0.4, 0.5) is 8.78 Å². The monoisotopic (exact) mass is 240 g/mol. The number of unbranched alkanes of at least 4 members (excludes halogenated alkanes) is 1. The van der Waals surface area contributed by atoms with Crippen molar-refractivity contribution < 1.29 is 8.78 Å². The Kier molecular flexibility index (Phi) is 5.80. The lowest BCUT2D eigenvalue weighted by Crippen LogP contribution is -2.36. The lowest BCUT2D eigenvalue weighted by molar-refractivity contribution is 0.473. The van der Waals surface area contributed by atoms with Gasteiger partial charge in [-0.2, -0.15) is 0 Å². The third kappa shape index (κ3) is 4.63. The van der Waals surface area contributed by atoms with Crippen LogP contribution in [0.1, 0.15) is 24.8 Å². The van der Waals surface area contributed by atoms with Crippen LogP contribution in [0.2, 0.25) is 0 Å². The zero-order chi connectivity index (χ0) is 12.7. The summed E-state index contributed by atoms with van der Waals surface area (Å²) in [6.45, 7) is 3.65. The van der Waals surface area contributed by atoms with Gasteiger partial charge in [0.1, 0.15) is 0 Å². The summed E-state index contributed by atoms with van der Waals surface area (Å²) in [5, 5.41) is 0. The van der Waals surface area contributed by atoms with Crippen molar-refractivity contribution in [2.45, 2.75) is 31.7 Å². The summed E-state index contributed by atoms with van der Waals surface area (Å²) in [6.07, 6.45) is 5.22. The molecule has 94 valence electrons. The summed E-state index contributed by atoms with van der Waals surface area (Å²) in [5.74, 6) is 3.79. The zero-order valence-corrected chi connectivity index (χ0v) is 9.76. The predicted molar refractivity (Wildman–Crippen MR) is 65.2 cm³/mol. The Bertz CT molecular complexity index is 366. The summed E-state index contributed by atoms with van der Waals surface area (Å²) in [6, 6.07) is 4.01. The van der Waals surface area contributed by atoms with Crippen LogP contribution < -0.4 is 11.3 Å². The predicted octanol–water partition coefficient (Wildman–Crippen LogP) is 2.70. The van der Waals surface area contributed by atoms with Gasteiger partial charge in [0, 0.05) is 6.04 Å². The van der Waals surface area contributed by atoms with Crippen molar-refractivity contribution in [2.24, 2.45) is 5.84 Å². The zero-order valence-electron chi connectivity index (χ0n) is 9.76. The van der Waals surface area contributed by atoms with Gasteiger partial charge in [0.25, 0.3) is 0 Å². The minimum Gasteiger partial charge on any atom is -0.271 e. The molecule has 0 aromatic heterocycles. The Morgan fingerprint density at radius 1 is 1.35 bits per heavy atom. The van der Waals surface area contributed by atoms with E-state index in [2.05, 4.69) is 12.0 Å². The first-order chi connectivity index (χ1) is 8.17. The molecule has 0 aliphatic carbocycles. The normalized spacial score (nSPS) is 12.4. The van der Waals surface area contributed by atoms with Gasteiger partial charge in [-0.05, 0) is 43.4 Å². The fraction of sp³-hybridized carbons (Fsp3) is 0.385. The maximum absolute atomic E-state index is 13.0. The Labute approximate surface area is 100 Å². The average molecular weight is 240 g/mol. The molecule has 1 atom stereocenters. The van der Waals surface area contributed by atoms with Crippen LogP contribution in [0, 0.1) is 11.6 Å². The van der Waals surface area contributed by atoms with Gasteiger partial charge in [0.15, 0.2) is 11.6 Å². The first kappa shape index (κ1) is 13.8. The molecule has 1 unspecified atom stereocenters. The highest BCUT2D eigenvalue weighted by molar-refractivity contribution is 5.18. The maximum atomic E-state index is 13.0. The minimum absolute atomic E-state index is 0.0693. The molecule has 4 heteroatoms. The van der Waals surface area contributed by atoms with Gasteiger partial charge in [-0.1, -0.05) is 12.1 Å². The van der Waals surface area contributed by atoms with Crippen LogP contribution in [-0.2, 0) is 6.42 Å². The molecule has 0 heterocycles. The molecule has 0 aliphatic heterocycles. The van der Waals surface area contributed by atoms with Gasteiger partial charge in [-0.25, -0.2) is 8.78 Å². The first-order valence-electron chi connectivity index (χ1n) is 5.68. The van der Waals surface area contributed by atoms with E-state index in [4.69, 9.17) is 5.84 Å². The van der Waals surface area contributed by atoms with Gasteiger partial charge < -0.3 is 0 Å². The van der Waals surface area contributed by atoms with Crippen LogP contribution in [0.3, 0.4) is 0 Å². The van der Waals surface area contributed by atoms with Crippen molar-refractivity contribution in [2.75, 3.05) is 0 Å². The fourth-order valence-corrected chi connectivity index (χ4v) is 1.70. The van der Waals surface area contributed by atoms with Crippen molar-refractivity contribution in [3.8, 4) is 0 Å². The highest BCUT2D eigenvalue weighted by Gasteiger charge is 2.09. The molecule has 0 saturated carbocycles. The van der Waals surface area contributed by atoms with E-state index in [9.17, 15) is 8.78 Å². The van der Waals surface area contributed by atoms with Crippen LogP contribution in [-0.4, -0.2) is 6.04 Å². The number of allylic oxidation sites excluding steroid dienone is 1. The Morgan fingerprint density at radius 3 is 2.71 bits per heavy atom. The SMILES string of the molecule is C=CCCCC(Cc1ccc(F)c(F)c1)NN. The molecule has 0 saturated heterocycles. The topological polar surface area (TPSA) is 38.0 Å². The van der Waals surface area contributed by atoms with Crippen molar-refractivity contribution in [1.82, 2.24) is 5.43 Å². The van der Waals surface area contributed by atoms with Crippen molar-refractivity contribution in [3.63, 3.8) is 0 Å². The molecular weight excluding hydrogens is 222 g/mol. The summed E-state index contributed by atoms with van der Waals surface area (Å²) in [7, 11) is 0. The number of nitrogens with two attached hydrogens (primary N) is 1. The molecule has 1 aromatic rings. The summed E-state index contributed by atoms with van der Waals surface area (Å²) in [5.41, 5.74) is 3.43. The number of hydrogen-bond donors (Lipinski definition) is 2. The van der Waals surface area contributed by atoms with E-state index in [1.54, 1.807) is 6.07 Å². The minimum atomic E-state index is -0.822. The van der Waals surface area contributed by atoms with Crippen molar-refractivity contribution in [1.29, 1.82) is 0 Å². The fourth-order valence-electron chi connectivity index (χ4n) is 1.70. The second-order valence-electron chi connectivity index (χ2n) is 4.04. The summed E-state index contributed by atoms with van der Waals surface area (Å²) in [4.78, 5) is 0. The largest absolute Gasteiger partial charge is 0.271 e. The average Bonchev–Trinajstić information content (AvgIpc) is 2.32. The van der Waals surface area contributed by atoms with Crippen LogP contribution in [0.15, 0.2) is 30.9 Å². The maximum Gasteiger partial charge on any atom is 0.159 e. The van der Waals surface area contributed by atoms with E-state index in [0.29, 0.717) is 6.42 Å². The van der Waals surface area contributed by atoms with Gasteiger partial charge in [0.05, 0.1) is 0 Å². The molecule has 0 aliphatic rings. The van der Waals surface area contributed by atoms with Crippen LogP contribution in [0.5, 0.6) is 0 Å². The van der Waals surface area contributed by atoms with Crippen molar-refractivity contribution >= 4 is 0 Å². The third-order valence-corrected chi connectivity index (χ3v) is 2.66. The Balaban J connectivity index is 2.54. The van der Waals surface area contributed by atoms with Crippen LogP contribution >= 0.6 is 0 Å². The quantitative estimate of drug-likeness (QED) is 0.333. The molecule has 1 aromatic carbocycles. The number of benzene rings is 1. The molecule has 0 radical (unpaired) electrons. The van der Waals surface area contributed by atoms with Gasteiger partial charge in [-0.15, -0.1) is 6.58 Å². The van der Waals surface area contributed by atoms with E-state index in [0.717, 1.165) is 30.9 Å². The van der Waals surface area contributed by atoms with E-state index in [-0.39, 0.29) is 6.04 Å². The second kappa shape index (κ2) is 7.14. The van der Waals surface area contributed by atoms with E-state index < -0.39 is 11.6 Å². The highest BCUT2D eigenvalue weighted by atomic mass is 19.2. The summed E-state index contributed by atoms with van der Waals surface area (Å²) < 4.78 is 25.7. The molecule has 0 fully saturated rings. The lowest BCUT2D eigenvalue weighted by Gasteiger charge is -2.15. The Hall–Kier alpha value is -1.26. The van der Waals surface area contributed by atoms with Crippen LogP contribution in [0.25, 0.3) is 0 Å². The molecule has 0 amide bonds. The molecule has 3 N–H and O–H groups in total. The highest BCUT2D eigenvalue weighted by Crippen LogP contribution is 2.12. The number of rotatable bonds is 7. The van der Waals surface area contributed by atoms with Gasteiger partial charge in [0.2, 0.25) is 0 Å². The number of nitrogens with one attached hydrogen (secondary N) is 1.